The topological polar surface area (TPSA) is 17.8 Å². The van der Waals surface area contributed by atoms with Gasteiger partial charge in [-0.15, -0.1) is 0 Å². The maximum atomic E-state index is 4.56. The second-order valence-electron chi connectivity index (χ2n) is 5.57. The van der Waals surface area contributed by atoms with E-state index < -0.39 is 0 Å². The van der Waals surface area contributed by atoms with Crippen molar-refractivity contribution in [1.29, 1.82) is 0 Å². The lowest BCUT2D eigenvalue weighted by molar-refractivity contribution is 0.507. The average molecular weight is 351 g/mol. The molecule has 0 aliphatic carbocycles. The van der Waals surface area contributed by atoms with Gasteiger partial charge < -0.3 is 4.57 Å². The molecule has 24 heavy (non-hydrogen) atoms. The van der Waals surface area contributed by atoms with Crippen molar-refractivity contribution in [3.8, 4) is 11.4 Å². The minimum atomic E-state index is 0.177. The summed E-state index contributed by atoms with van der Waals surface area (Å²) in [6, 6.07) is 8.61. The van der Waals surface area contributed by atoms with E-state index in [0.29, 0.717) is 0 Å². The lowest BCUT2D eigenvalue weighted by Gasteiger charge is -2.26. The molecule has 0 aliphatic heterocycles. The van der Waals surface area contributed by atoms with Crippen molar-refractivity contribution in [2.24, 2.45) is 7.05 Å². The number of hydrogen-bond donors (Lipinski definition) is 1. The van der Waals surface area contributed by atoms with Gasteiger partial charge in [-0.2, -0.15) is 12.6 Å². The molecular formula is C21H38N2S. The monoisotopic (exact) mass is 350 g/mol. The van der Waals surface area contributed by atoms with E-state index >= 15 is 0 Å². The van der Waals surface area contributed by atoms with E-state index in [-0.39, 0.29) is 5.41 Å². The largest absolute Gasteiger partial charge is 0.331 e. The molecule has 0 amide bonds. The number of imidazole rings is 1. The van der Waals surface area contributed by atoms with Gasteiger partial charge in [0.05, 0.1) is 0 Å². The Morgan fingerprint density at radius 1 is 1.04 bits per heavy atom. The summed E-state index contributed by atoms with van der Waals surface area (Å²) in [4.78, 5) is 4.56. The van der Waals surface area contributed by atoms with Crippen molar-refractivity contribution in [3.05, 3.63) is 41.7 Å². The lowest BCUT2D eigenvalue weighted by atomic mass is 9.79. The van der Waals surface area contributed by atoms with E-state index in [0.717, 1.165) is 12.2 Å². The van der Waals surface area contributed by atoms with Gasteiger partial charge in [-0.3, -0.25) is 0 Å². The minimum absolute atomic E-state index is 0.177. The van der Waals surface area contributed by atoms with Crippen molar-refractivity contribution < 1.29 is 0 Å². The molecule has 0 saturated carbocycles. The molecule has 3 heteroatoms. The molecule has 0 bridgehead atoms. The van der Waals surface area contributed by atoms with E-state index in [9.17, 15) is 0 Å². The van der Waals surface area contributed by atoms with Crippen molar-refractivity contribution in [1.82, 2.24) is 9.55 Å². The third kappa shape index (κ3) is 6.35. The third-order valence-electron chi connectivity index (χ3n) is 4.00. The second-order valence-corrected chi connectivity index (χ2v) is 5.57. The maximum Gasteiger partial charge on any atom is 0.140 e. The zero-order chi connectivity index (χ0) is 19.3. The predicted octanol–water partition coefficient (Wildman–Crippen LogP) is 6.68. The van der Waals surface area contributed by atoms with Crippen LogP contribution in [-0.2, 0) is 12.5 Å². The van der Waals surface area contributed by atoms with Crippen molar-refractivity contribution in [2.75, 3.05) is 6.26 Å². The zero-order valence-electron chi connectivity index (χ0n) is 17.4. The first-order valence-electron chi connectivity index (χ1n) is 9.00. The summed E-state index contributed by atoms with van der Waals surface area (Å²) in [6.07, 6.45) is 4.75. The summed E-state index contributed by atoms with van der Waals surface area (Å²) >= 11 is 3.53. The Bertz CT molecular complexity index is 557. The fourth-order valence-electron chi connectivity index (χ4n) is 2.20. The zero-order valence-corrected chi connectivity index (χ0v) is 18.3. The molecule has 0 atom stereocenters. The number of nitrogens with zero attached hydrogens (tertiary/aromatic N) is 2. The Morgan fingerprint density at radius 3 is 1.96 bits per heavy atom. The summed E-state index contributed by atoms with van der Waals surface area (Å²) in [7, 11) is 2.08. The molecule has 0 fully saturated rings. The fourth-order valence-corrected chi connectivity index (χ4v) is 2.20. The highest BCUT2D eigenvalue weighted by Gasteiger charge is 2.23. The van der Waals surface area contributed by atoms with Gasteiger partial charge in [0.1, 0.15) is 5.82 Å². The quantitative estimate of drug-likeness (QED) is 0.611. The number of aryl methyl sites for hydroxylation is 1. The first-order chi connectivity index (χ1) is 11.5. The van der Waals surface area contributed by atoms with Gasteiger partial charge in [0.2, 0.25) is 0 Å². The van der Waals surface area contributed by atoms with E-state index in [1.807, 2.05) is 33.9 Å². The highest BCUT2D eigenvalue weighted by Crippen LogP contribution is 2.34. The molecule has 0 unspecified atom stereocenters. The van der Waals surface area contributed by atoms with E-state index in [1.165, 1.54) is 16.8 Å². The Balaban J connectivity index is 0. The number of thiol groups is 1. The molecule has 1 aromatic heterocycles. The van der Waals surface area contributed by atoms with Crippen molar-refractivity contribution in [2.45, 2.75) is 67.2 Å². The van der Waals surface area contributed by atoms with Crippen LogP contribution in [0.15, 0.2) is 30.5 Å². The Morgan fingerprint density at radius 2 is 1.54 bits per heavy atom. The number of benzene rings is 1. The van der Waals surface area contributed by atoms with Crippen LogP contribution in [0, 0.1) is 6.92 Å². The molecule has 2 nitrogen and oxygen atoms in total. The van der Waals surface area contributed by atoms with Crippen LogP contribution in [0.2, 0.25) is 0 Å². The summed E-state index contributed by atoms with van der Waals surface area (Å²) < 4.78 is 2.16. The van der Waals surface area contributed by atoms with Gasteiger partial charge in [0, 0.05) is 24.5 Å². The predicted molar refractivity (Wildman–Crippen MR) is 114 cm³/mol. The van der Waals surface area contributed by atoms with Crippen molar-refractivity contribution in [3.63, 3.8) is 0 Å². The molecule has 0 aliphatic rings. The van der Waals surface area contributed by atoms with Gasteiger partial charge in [0.15, 0.2) is 0 Å². The number of rotatable bonds is 3. The second kappa shape index (κ2) is 13.1. The number of hydrogen-bond acceptors (Lipinski definition) is 2. The number of aromatic nitrogens is 2. The molecule has 0 N–H and O–H groups in total. The molecular weight excluding hydrogens is 312 g/mol. The molecule has 0 spiro atoms. The summed E-state index contributed by atoms with van der Waals surface area (Å²) in [6.45, 7) is 16.9. The SMILES string of the molecule is CC.CC.CCC(C)(C)c1ccccc1-c1ncc(C)n1C.CS. The van der Waals surface area contributed by atoms with Crippen molar-refractivity contribution >= 4 is 12.6 Å². The standard InChI is InChI=1S/C16H22N2.2C2H6.CH4S/c1-6-16(3,4)14-10-8-7-9-13(14)15-17-11-12(2)18(15)5;3*1-2/h7-11H,6H2,1-5H3;2*1-2H3;2H,1H3. The van der Waals surface area contributed by atoms with Gasteiger partial charge in [-0.05, 0) is 30.6 Å². The smallest absolute Gasteiger partial charge is 0.140 e. The van der Waals surface area contributed by atoms with Crippen LogP contribution in [0.4, 0.5) is 0 Å². The van der Waals surface area contributed by atoms with Crippen LogP contribution in [0.5, 0.6) is 0 Å². The van der Waals surface area contributed by atoms with Gasteiger partial charge in [0.25, 0.3) is 0 Å². The summed E-state index contributed by atoms with van der Waals surface area (Å²) in [5.74, 6) is 1.06. The third-order valence-corrected chi connectivity index (χ3v) is 4.00. The molecule has 138 valence electrons. The lowest BCUT2D eigenvalue weighted by Crippen LogP contribution is -2.17. The van der Waals surface area contributed by atoms with E-state index in [4.69, 9.17) is 0 Å². The Hall–Kier alpha value is -1.22. The van der Waals surface area contributed by atoms with E-state index in [1.54, 1.807) is 6.26 Å². The van der Waals surface area contributed by atoms with Crippen LogP contribution in [0.3, 0.4) is 0 Å². The molecule has 1 aromatic carbocycles. The van der Waals surface area contributed by atoms with Crippen LogP contribution in [-0.4, -0.2) is 15.8 Å². The van der Waals surface area contributed by atoms with Crippen LogP contribution in [0.25, 0.3) is 11.4 Å². The maximum absolute atomic E-state index is 4.56. The Labute approximate surface area is 156 Å². The Kier molecular flexibility index (Phi) is 13.7. The van der Waals surface area contributed by atoms with Gasteiger partial charge in [-0.25, -0.2) is 4.98 Å². The van der Waals surface area contributed by atoms with Crippen LogP contribution >= 0.6 is 12.6 Å². The van der Waals surface area contributed by atoms with Crippen LogP contribution < -0.4 is 0 Å². The first kappa shape index (κ1) is 25.0. The highest BCUT2D eigenvalue weighted by atomic mass is 32.1. The van der Waals surface area contributed by atoms with E-state index in [2.05, 4.69) is 81.2 Å². The van der Waals surface area contributed by atoms with Gasteiger partial charge >= 0.3 is 0 Å². The molecule has 0 radical (unpaired) electrons. The normalized spacial score (nSPS) is 9.62. The minimum Gasteiger partial charge on any atom is -0.331 e. The molecule has 2 rings (SSSR count). The highest BCUT2D eigenvalue weighted by molar-refractivity contribution is 7.79. The first-order valence-corrected chi connectivity index (χ1v) is 9.89. The van der Waals surface area contributed by atoms with Gasteiger partial charge in [-0.1, -0.05) is 72.7 Å². The molecule has 2 aromatic rings. The fraction of sp³-hybridized carbons (Fsp3) is 0.571. The van der Waals surface area contributed by atoms with Crippen LogP contribution in [0.1, 0.15) is 66.1 Å². The summed E-state index contributed by atoms with van der Waals surface area (Å²) in [5, 5.41) is 0. The molecule has 0 saturated heterocycles. The average Bonchev–Trinajstić information content (AvgIpc) is 2.99. The molecule has 1 heterocycles. The summed E-state index contributed by atoms with van der Waals surface area (Å²) in [5.41, 5.74) is 3.99.